The number of para-hydroxylation sites is 1. The van der Waals surface area contributed by atoms with Gasteiger partial charge in [0, 0.05) is 32.4 Å². The molecule has 1 aromatic carbocycles. The molecule has 1 saturated heterocycles. The van der Waals surface area contributed by atoms with Gasteiger partial charge in [-0.25, -0.2) is 0 Å². The molecule has 1 aromatic rings. The minimum Gasteiger partial charge on any atom is -0.371 e. The monoisotopic (exact) mass is 339 g/mol. The number of likely N-dealkylation sites (N-methyl/N-ethyl adjacent to an activating group) is 1. The number of halogens is 1. The van der Waals surface area contributed by atoms with Crippen molar-refractivity contribution in [3.05, 3.63) is 29.8 Å². The van der Waals surface area contributed by atoms with Crippen LogP contribution in [0.4, 0.5) is 5.69 Å². The molecule has 1 aliphatic heterocycles. The molecule has 0 radical (unpaired) electrons. The van der Waals surface area contributed by atoms with Gasteiger partial charge in [0.15, 0.2) is 0 Å². The molecule has 0 saturated carbocycles. The van der Waals surface area contributed by atoms with Gasteiger partial charge in [0.2, 0.25) is 5.91 Å². The van der Waals surface area contributed by atoms with Crippen LogP contribution in [0.1, 0.15) is 38.7 Å². The predicted octanol–water partition coefficient (Wildman–Crippen LogP) is 3.04. The minimum absolute atomic E-state index is 0. The highest BCUT2D eigenvalue weighted by Crippen LogP contribution is 2.25. The average Bonchev–Trinajstić information content (AvgIpc) is 3.07. The first-order chi connectivity index (χ1) is 10.5. The van der Waals surface area contributed by atoms with Gasteiger partial charge >= 0.3 is 0 Å². The summed E-state index contributed by atoms with van der Waals surface area (Å²) < 4.78 is 0. The number of amides is 1. The molecule has 130 valence electrons. The summed E-state index contributed by atoms with van der Waals surface area (Å²) in [6.45, 7) is 6.95. The third kappa shape index (κ3) is 4.85. The average molecular weight is 340 g/mol. The summed E-state index contributed by atoms with van der Waals surface area (Å²) in [5, 5.41) is 0. The Morgan fingerprint density at radius 1 is 1.30 bits per heavy atom. The Balaban J connectivity index is 0.00000264. The van der Waals surface area contributed by atoms with Crippen LogP contribution in [0.5, 0.6) is 0 Å². The number of carbonyl (C=O) groups excluding carboxylic acids is 1. The fourth-order valence-electron chi connectivity index (χ4n) is 3.00. The summed E-state index contributed by atoms with van der Waals surface area (Å²) in [4.78, 5) is 16.7. The molecule has 4 nitrogen and oxygen atoms in total. The number of anilines is 1. The maximum atomic E-state index is 12.5. The van der Waals surface area contributed by atoms with Crippen LogP contribution < -0.4 is 10.6 Å². The lowest BCUT2D eigenvalue weighted by molar-refractivity contribution is -0.132. The highest BCUT2D eigenvalue weighted by atomic mass is 35.5. The summed E-state index contributed by atoms with van der Waals surface area (Å²) >= 11 is 0. The van der Waals surface area contributed by atoms with Gasteiger partial charge in [-0.05, 0) is 30.4 Å². The number of hydrogen-bond acceptors (Lipinski definition) is 3. The van der Waals surface area contributed by atoms with Crippen LogP contribution >= 0.6 is 12.4 Å². The summed E-state index contributed by atoms with van der Waals surface area (Å²) in [5.41, 5.74) is 8.55. The third-order valence-corrected chi connectivity index (χ3v) is 4.76. The predicted molar refractivity (Wildman–Crippen MR) is 99.0 cm³/mol. The first-order valence-corrected chi connectivity index (χ1v) is 8.38. The van der Waals surface area contributed by atoms with E-state index < -0.39 is 6.04 Å². The molecule has 2 rings (SSSR count). The van der Waals surface area contributed by atoms with E-state index in [1.807, 2.05) is 20.0 Å². The van der Waals surface area contributed by atoms with Crippen molar-refractivity contribution in [1.29, 1.82) is 0 Å². The van der Waals surface area contributed by atoms with Crippen molar-refractivity contribution in [2.24, 2.45) is 11.7 Å². The van der Waals surface area contributed by atoms with E-state index in [1.165, 1.54) is 24.1 Å². The second-order valence-electron chi connectivity index (χ2n) is 6.43. The van der Waals surface area contributed by atoms with E-state index >= 15 is 0 Å². The number of benzene rings is 1. The van der Waals surface area contributed by atoms with Crippen LogP contribution in [-0.2, 0) is 11.3 Å². The van der Waals surface area contributed by atoms with Crippen LogP contribution in [0.3, 0.4) is 0 Å². The highest BCUT2D eigenvalue weighted by Gasteiger charge is 2.24. The van der Waals surface area contributed by atoms with Crippen molar-refractivity contribution < 1.29 is 4.79 Å². The molecular formula is C18H30ClN3O. The molecule has 5 heteroatoms. The minimum atomic E-state index is -0.408. The van der Waals surface area contributed by atoms with Crippen molar-refractivity contribution in [2.75, 3.05) is 25.0 Å². The van der Waals surface area contributed by atoms with E-state index in [0.717, 1.165) is 19.5 Å². The van der Waals surface area contributed by atoms with E-state index in [4.69, 9.17) is 5.73 Å². The Kier molecular flexibility index (Phi) is 7.86. The van der Waals surface area contributed by atoms with Gasteiger partial charge in [-0.2, -0.15) is 0 Å². The second kappa shape index (κ2) is 9.14. The second-order valence-corrected chi connectivity index (χ2v) is 6.43. The van der Waals surface area contributed by atoms with Gasteiger partial charge in [-0.1, -0.05) is 38.5 Å². The maximum Gasteiger partial charge on any atom is 0.239 e. The van der Waals surface area contributed by atoms with Gasteiger partial charge < -0.3 is 15.5 Å². The molecule has 0 aliphatic carbocycles. The molecule has 1 fully saturated rings. The molecule has 2 unspecified atom stereocenters. The molecular weight excluding hydrogens is 310 g/mol. The van der Waals surface area contributed by atoms with Crippen LogP contribution in [0.15, 0.2) is 24.3 Å². The van der Waals surface area contributed by atoms with E-state index in [9.17, 15) is 4.79 Å². The van der Waals surface area contributed by atoms with Crippen LogP contribution in [0.25, 0.3) is 0 Å². The number of hydrogen-bond donors (Lipinski definition) is 1. The molecule has 0 aromatic heterocycles. The fraction of sp³-hybridized carbons (Fsp3) is 0.611. The zero-order chi connectivity index (χ0) is 16.1. The van der Waals surface area contributed by atoms with Crippen molar-refractivity contribution in [3.8, 4) is 0 Å². The molecule has 2 atom stereocenters. The fourth-order valence-corrected chi connectivity index (χ4v) is 3.00. The normalized spacial score (nSPS) is 16.6. The Morgan fingerprint density at radius 2 is 1.91 bits per heavy atom. The van der Waals surface area contributed by atoms with Gasteiger partial charge in [0.25, 0.3) is 0 Å². The zero-order valence-corrected chi connectivity index (χ0v) is 15.3. The van der Waals surface area contributed by atoms with E-state index in [0.29, 0.717) is 6.54 Å². The lowest BCUT2D eigenvalue weighted by atomic mass is 9.99. The topological polar surface area (TPSA) is 49.6 Å². The zero-order valence-electron chi connectivity index (χ0n) is 14.5. The number of carbonyl (C=O) groups is 1. The molecule has 1 heterocycles. The maximum absolute atomic E-state index is 12.5. The van der Waals surface area contributed by atoms with Crippen molar-refractivity contribution in [1.82, 2.24) is 4.90 Å². The molecule has 23 heavy (non-hydrogen) atoms. The van der Waals surface area contributed by atoms with Crippen LogP contribution in [0, 0.1) is 5.92 Å². The SMILES string of the molecule is CCC(C)C(N)C(=O)N(C)Cc1ccccc1N1CCCC1.Cl. The van der Waals surface area contributed by atoms with E-state index in [-0.39, 0.29) is 24.2 Å². The summed E-state index contributed by atoms with van der Waals surface area (Å²) in [5.74, 6) is 0.245. The largest absolute Gasteiger partial charge is 0.371 e. The lowest BCUT2D eigenvalue weighted by Gasteiger charge is -2.27. The molecule has 1 amide bonds. The molecule has 2 N–H and O–H groups in total. The standard InChI is InChI=1S/C18H29N3O.ClH/c1-4-14(2)17(19)18(22)20(3)13-15-9-5-6-10-16(15)21-11-7-8-12-21;/h5-6,9-10,14,17H,4,7-8,11-13,19H2,1-3H3;1H. The number of nitrogens with zero attached hydrogens (tertiary/aromatic N) is 2. The number of rotatable bonds is 6. The van der Waals surface area contributed by atoms with Crippen molar-refractivity contribution >= 4 is 24.0 Å². The summed E-state index contributed by atoms with van der Waals surface area (Å²) in [7, 11) is 1.85. The molecule has 0 spiro atoms. The first kappa shape index (κ1) is 19.8. The van der Waals surface area contributed by atoms with Crippen molar-refractivity contribution in [2.45, 2.75) is 45.7 Å². The molecule has 0 bridgehead atoms. The van der Waals surface area contributed by atoms with Gasteiger partial charge in [0.1, 0.15) is 0 Å². The number of nitrogens with two attached hydrogens (primary N) is 1. The van der Waals surface area contributed by atoms with Gasteiger partial charge in [0.05, 0.1) is 6.04 Å². The molecule has 1 aliphatic rings. The lowest BCUT2D eigenvalue weighted by Crippen LogP contribution is -2.45. The Morgan fingerprint density at radius 3 is 2.52 bits per heavy atom. The Bertz CT molecular complexity index is 503. The first-order valence-electron chi connectivity index (χ1n) is 8.38. The third-order valence-electron chi connectivity index (χ3n) is 4.76. The van der Waals surface area contributed by atoms with Gasteiger partial charge in [-0.3, -0.25) is 4.79 Å². The highest BCUT2D eigenvalue weighted by molar-refractivity contribution is 5.85. The van der Waals surface area contributed by atoms with Gasteiger partial charge in [-0.15, -0.1) is 12.4 Å². The summed E-state index contributed by atoms with van der Waals surface area (Å²) in [6.07, 6.45) is 3.43. The quantitative estimate of drug-likeness (QED) is 0.866. The Labute approximate surface area is 146 Å². The van der Waals surface area contributed by atoms with E-state index in [1.54, 1.807) is 4.90 Å². The summed E-state index contributed by atoms with van der Waals surface area (Å²) in [6, 6.07) is 7.99. The van der Waals surface area contributed by atoms with Crippen molar-refractivity contribution in [3.63, 3.8) is 0 Å². The van der Waals surface area contributed by atoms with Crippen LogP contribution in [-0.4, -0.2) is 37.0 Å². The Hall–Kier alpha value is -1.26. The van der Waals surface area contributed by atoms with E-state index in [2.05, 4.69) is 30.0 Å². The van der Waals surface area contributed by atoms with Crippen LogP contribution in [0.2, 0.25) is 0 Å². The smallest absolute Gasteiger partial charge is 0.239 e.